The van der Waals surface area contributed by atoms with Crippen molar-refractivity contribution in [3.8, 4) is 11.5 Å². The Hall–Kier alpha value is -3.02. The Morgan fingerprint density at radius 1 is 1.00 bits per heavy atom. The lowest BCUT2D eigenvalue weighted by molar-refractivity contribution is -0.133. The summed E-state index contributed by atoms with van der Waals surface area (Å²) in [6, 6.07) is 11.1. The molecule has 2 heterocycles. The summed E-state index contributed by atoms with van der Waals surface area (Å²) in [7, 11) is 0. The quantitative estimate of drug-likeness (QED) is 0.909. The van der Waals surface area contributed by atoms with Gasteiger partial charge < -0.3 is 19.7 Å². The molecule has 2 aliphatic heterocycles. The van der Waals surface area contributed by atoms with Gasteiger partial charge in [0.2, 0.25) is 12.7 Å². The minimum atomic E-state index is -0.199. The highest BCUT2D eigenvalue weighted by Crippen LogP contribution is 2.34. The smallest absolute Gasteiger partial charge is 0.255 e. The van der Waals surface area contributed by atoms with Crippen molar-refractivity contribution in [2.75, 3.05) is 18.7 Å². The van der Waals surface area contributed by atoms with Crippen LogP contribution in [0.15, 0.2) is 36.4 Å². The molecule has 138 valence electrons. The number of rotatable bonds is 3. The van der Waals surface area contributed by atoms with Crippen molar-refractivity contribution < 1.29 is 19.1 Å². The Kier molecular flexibility index (Phi) is 3.77. The summed E-state index contributed by atoms with van der Waals surface area (Å²) in [5.41, 5.74) is 3.61. The maximum atomic E-state index is 12.6. The summed E-state index contributed by atoms with van der Waals surface area (Å²) in [5, 5.41) is 2.94. The van der Waals surface area contributed by atoms with Gasteiger partial charge in [0.15, 0.2) is 11.5 Å². The van der Waals surface area contributed by atoms with Gasteiger partial charge in [0, 0.05) is 30.3 Å². The molecule has 1 aliphatic carbocycles. The molecule has 1 N–H and O–H groups in total. The summed E-state index contributed by atoms with van der Waals surface area (Å²) in [6.45, 7) is 1.59. The van der Waals surface area contributed by atoms with Gasteiger partial charge in [0.25, 0.3) is 5.91 Å². The molecule has 0 aromatic heterocycles. The van der Waals surface area contributed by atoms with E-state index in [9.17, 15) is 9.59 Å². The van der Waals surface area contributed by atoms with E-state index in [2.05, 4.69) is 5.32 Å². The number of amides is 2. The van der Waals surface area contributed by atoms with Crippen LogP contribution in [0.3, 0.4) is 0 Å². The Labute approximate surface area is 157 Å². The number of carbonyl (C=O) groups excluding carboxylic acids is 2. The number of ether oxygens (including phenoxy) is 2. The van der Waals surface area contributed by atoms with Crippen LogP contribution in [0.5, 0.6) is 11.5 Å². The number of nitrogens with one attached hydrogen (secondary N) is 1. The summed E-state index contributed by atoms with van der Waals surface area (Å²) in [6.07, 6.45) is 2.91. The van der Waals surface area contributed by atoms with E-state index < -0.39 is 0 Å². The molecule has 2 aromatic rings. The SMILES string of the molecule is O=C(Nc1ccc2c(c1)CN(C(=O)C1CC1)CC2)c1ccc2c(c1)OCO2. The van der Waals surface area contributed by atoms with Crippen molar-refractivity contribution in [1.82, 2.24) is 4.90 Å². The first-order valence-corrected chi connectivity index (χ1v) is 9.29. The highest BCUT2D eigenvalue weighted by atomic mass is 16.7. The van der Waals surface area contributed by atoms with Gasteiger partial charge in [-0.05, 0) is 60.7 Å². The number of anilines is 1. The number of nitrogens with zero attached hydrogens (tertiary/aromatic N) is 1. The van der Waals surface area contributed by atoms with E-state index in [4.69, 9.17) is 9.47 Å². The zero-order valence-electron chi connectivity index (χ0n) is 14.9. The zero-order valence-corrected chi connectivity index (χ0v) is 14.9. The molecule has 3 aliphatic rings. The summed E-state index contributed by atoms with van der Waals surface area (Å²) in [4.78, 5) is 26.9. The predicted molar refractivity (Wildman–Crippen MR) is 98.8 cm³/mol. The fourth-order valence-corrected chi connectivity index (χ4v) is 3.65. The molecule has 0 spiro atoms. The Balaban J connectivity index is 1.32. The number of hydrogen-bond donors (Lipinski definition) is 1. The summed E-state index contributed by atoms with van der Waals surface area (Å²) in [5.74, 6) is 1.55. The van der Waals surface area contributed by atoms with Crippen molar-refractivity contribution in [1.29, 1.82) is 0 Å². The van der Waals surface area contributed by atoms with Gasteiger partial charge in [-0.15, -0.1) is 0 Å². The second-order valence-electron chi connectivity index (χ2n) is 7.29. The largest absolute Gasteiger partial charge is 0.454 e. The van der Waals surface area contributed by atoms with E-state index in [-0.39, 0.29) is 24.5 Å². The zero-order chi connectivity index (χ0) is 18.4. The highest BCUT2D eigenvalue weighted by Gasteiger charge is 2.34. The second-order valence-corrected chi connectivity index (χ2v) is 7.29. The van der Waals surface area contributed by atoms with Crippen LogP contribution in [0.4, 0.5) is 5.69 Å². The van der Waals surface area contributed by atoms with E-state index in [1.54, 1.807) is 18.2 Å². The third kappa shape index (κ3) is 3.12. The van der Waals surface area contributed by atoms with Gasteiger partial charge in [-0.25, -0.2) is 0 Å². The minimum Gasteiger partial charge on any atom is -0.454 e. The lowest BCUT2D eigenvalue weighted by Gasteiger charge is -2.29. The third-order valence-corrected chi connectivity index (χ3v) is 5.35. The molecular weight excluding hydrogens is 344 g/mol. The van der Waals surface area contributed by atoms with Gasteiger partial charge in [0.05, 0.1) is 0 Å². The van der Waals surface area contributed by atoms with Crippen molar-refractivity contribution >= 4 is 17.5 Å². The molecule has 0 bridgehead atoms. The van der Waals surface area contributed by atoms with Gasteiger partial charge >= 0.3 is 0 Å². The lowest BCUT2D eigenvalue weighted by Crippen LogP contribution is -2.36. The average Bonchev–Trinajstić information content (AvgIpc) is 3.43. The van der Waals surface area contributed by atoms with E-state index in [0.29, 0.717) is 23.6 Å². The summed E-state index contributed by atoms with van der Waals surface area (Å²) >= 11 is 0. The average molecular weight is 364 g/mol. The molecule has 0 saturated heterocycles. The van der Waals surface area contributed by atoms with E-state index in [1.165, 1.54) is 5.56 Å². The Morgan fingerprint density at radius 2 is 1.85 bits per heavy atom. The first-order chi connectivity index (χ1) is 13.2. The first kappa shape index (κ1) is 16.2. The van der Waals surface area contributed by atoms with Gasteiger partial charge in [0.1, 0.15) is 0 Å². The highest BCUT2D eigenvalue weighted by molar-refractivity contribution is 6.04. The molecule has 0 atom stereocenters. The second kappa shape index (κ2) is 6.30. The molecule has 27 heavy (non-hydrogen) atoms. The normalized spacial score (nSPS) is 17.4. The van der Waals surface area contributed by atoms with Crippen LogP contribution < -0.4 is 14.8 Å². The molecule has 2 aromatic carbocycles. The lowest BCUT2D eigenvalue weighted by atomic mass is 9.98. The van der Waals surface area contributed by atoms with E-state index >= 15 is 0 Å². The third-order valence-electron chi connectivity index (χ3n) is 5.35. The van der Waals surface area contributed by atoms with Crippen molar-refractivity contribution in [2.24, 2.45) is 5.92 Å². The van der Waals surface area contributed by atoms with Crippen LogP contribution in [-0.2, 0) is 17.8 Å². The van der Waals surface area contributed by atoms with E-state index in [1.807, 2.05) is 23.1 Å². The van der Waals surface area contributed by atoms with Crippen LogP contribution in [0, 0.1) is 5.92 Å². The minimum absolute atomic E-state index is 0.182. The van der Waals surface area contributed by atoms with Crippen LogP contribution in [0.25, 0.3) is 0 Å². The van der Waals surface area contributed by atoms with Gasteiger partial charge in [-0.1, -0.05) is 6.07 Å². The van der Waals surface area contributed by atoms with Crippen LogP contribution in [-0.4, -0.2) is 30.1 Å². The Bertz CT molecular complexity index is 936. The first-order valence-electron chi connectivity index (χ1n) is 9.29. The molecule has 2 amide bonds. The molecule has 1 saturated carbocycles. The number of carbonyl (C=O) groups is 2. The maximum Gasteiger partial charge on any atom is 0.255 e. The molecule has 6 heteroatoms. The molecule has 1 fully saturated rings. The summed E-state index contributed by atoms with van der Waals surface area (Å²) < 4.78 is 10.6. The van der Waals surface area contributed by atoms with Gasteiger partial charge in [-0.3, -0.25) is 9.59 Å². The van der Waals surface area contributed by atoms with Crippen molar-refractivity contribution in [3.63, 3.8) is 0 Å². The van der Waals surface area contributed by atoms with Gasteiger partial charge in [-0.2, -0.15) is 0 Å². The van der Waals surface area contributed by atoms with Crippen LogP contribution >= 0.6 is 0 Å². The fourth-order valence-electron chi connectivity index (χ4n) is 3.65. The molecule has 5 rings (SSSR count). The Morgan fingerprint density at radius 3 is 2.70 bits per heavy atom. The number of hydrogen-bond acceptors (Lipinski definition) is 4. The van der Waals surface area contributed by atoms with Crippen molar-refractivity contribution in [3.05, 3.63) is 53.1 Å². The number of benzene rings is 2. The molecular formula is C21H20N2O4. The van der Waals surface area contributed by atoms with Crippen LogP contribution in [0.2, 0.25) is 0 Å². The topological polar surface area (TPSA) is 67.9 Å². The molecule has 6 nitrogen and oxygen atoms in total. The number of fused-ring (bicyclic) bond motifs is 2. The standard InChI is InChI=1S/C21H20N2O4/c24-20(15-4-6-18-19(10-15)27-12-26-18)22-17-5-3-13-7-8-23(11-16(13)9-17)21(25)14-1-2-14/h3-6,9-10,14H,1-2,7-8,11-12H2,(H,22,24). The molecule has 0 unspecified atom stereocenters. The van der Waals surface area contributed by atoms with Crippen LogP contribution in [0.1, 0.15) is 34.3 Å². The monoisotopic (exact) mass is 364 g/mol. The predicted octanol–water partition coefficient (Wildman–Crippen LogP) is 2.96. The maximum absolute atomic E-state index is 12.6. The molecule has 0 radical (unpaired) electrons. The van der Waals surface area contributed by atoms with Crippen molar-refractivity contribution in [2.45, 2.75) is 25.8 Å². The van der Waals surface area contributed by atoms with E-state index in [0.717, 1.165) is 37.1 Å². The fraction of sp³-hybridized carbons (Fsp3) is 0.333.